The van der Waals surface area contributed by atoms with Crippen molar-refractivity contribution < 1.29 is 28.7 Å². The minimum Gasteiger partial charge on any atom is -0.454 e. The Kier molecular flexibility index (Phi) is 9.60. The number of carbonyl (C=O) groups excluding carboxylic acids is 4. The van der Waals surface area contributed by atoms with Gasteiger partial charge in [0.15, 0.2) is 17.5 Å². The van der Waals surface area contributed by atoms with Crippen molar-refractivity contribution in [3.05, 3.63) is 0 Å². The first-order chi connectivity index (χ1) is 11.6. The van der Waals surface area contributed by atoms with Crippen LogP contribution in [0.2, 0.25) is 0 Å². The van der Waals surface area contributed by atoms with Gasteiger partial charge in [-0.05, 0) is 33.1 Å². The third kappa shape index (κ3) is 5.65. The molecule has 0 spiro atoms. The van der Waals surface area contributed by atoms with Crippen molar-refractivity contribution in [3.8, 4) is 0 Å². The van der Waals surface area contributed by atoms with Gasteiger partial charge in [-0.1, -0.05) is 33.6 Å². The second-order valence-electron chi connectivity index (χ2n) is 6.75. The molecule has 0 aliphatic rings. The summed E-state index contributed by atoms with van der Waals surface area (Å²) in [7, 11) is 0. The van der Waals surface area contributed by atoms with Crippen molar-refractivity contribution in [3.63, 3.8) is 0 Å². The number of hydrogen-bond acceptors (Lipinski definition) is 6. The van der Waals surface area contributed by atoms with E-state index in [4.69, 9.17) is 9.47 Å². The highest BCUT2D eigenvalue weighted by atomic mass is 16.6. The van der Waals surface area contributed by atoms with Gasteiger partial charge in [-0.25, -0.2) is 0 Å². The van der Waals surface area contributed by atoms with Crippen LogP contribution < -0.4 is 0 Å². The number of carbonyl (C=O) groups is 4. The van der Waals surface area contributed by atoms with Gasteiger partial charge in [0.2, 0.25) is 0 Å². The molecule has 0 rings (SSSR count). The van der Waals surface area contributed by atoms with Crippen LogP contribution in [0.1, 0.15) is 80.1 Å². The van der Waals surface area contributed by atoms with Crippen LogP contribution in [-0.4, -0.2) is 35.7 Å². The van der Waals surface area contributed by atoms with Gasteiger partial charge in [0.05, 0.1) is 5.41 Å². The van der Waals surface area contributed by atoms with Gasteiger partial charge < -0.3 is 14.3 Å². The van der Waals surface area contributed by atoms with Crippen LogP contribution in [0, 0.1) is 5.41 Å². The van der Waals surface area contributed by atoms with E-state index in [1.165, 1.54) is 13.8 Å². The van der Waals surface area contributed by atoms with E-state index in [0.29, 0.717) is 25.7 Å². The fourth-order valence-corrected chi connectivity index (χ4v) is 3.33. The Morgan fingerprint density at radius 3 is 1.92 bits per heavy atom. The van der Waals surface area contributed by atoms with Crippen LogP contribution in [0.3, 0.4) is 0 Å². The molecule has 0 heterocycles. The Labute approximate surface area is 150 Å². The smallest absolute Gasteiger partial charge is 0.306 e. The van der Waals surface area contributed by atoms with Crippen LogP contribution in [0.5, 0.6) is 0 Å². The summed E-state index contributed by atoms with van der Waals surface area (Å²) in [6, 6.07) is 0. The summed E-state index contributed by atoms with van der Waals surface area (Å²) < 4.78 is 11.1. The highest BCUT2D eigenvalue weighted by Crippen LogP contribution is 2.45. The quantitative estimate of drug-likeness (QED) is 0.393. The van der Waals surface area contributed by atoms with E-state index < -0.39 is 34.8 Å². The third-order valence-electron chi connectivity index (χ3n) is 4.44. The predicted molar refractivity (Wildman–Crippen MR) is 94.0 cm³/mol. The van der Waals surface area contributed by atoms with E-state index >= 15 is 0 Å². The molecule has 0 bridgehead atoms. The van der Waals surface area contributed by atoms with Crippen LogP contribution in [0.25, 0.3) is 0 Å². The summed E-state index contributed by atoms with van der Waals surface area (Å²) in [4.78, 5) is 48.3. The average molecular weight is 356 g/mol. The number of esters is 2. The van der Waals surface area contributed by atoms with Crippen molar-refractivity contribution in [2.45, 2.75) is 91.8 Å². The summed E-state index contributed by atoms with van der Waals surface area (Å²) in [5.41, 5.74) is -2.66. The summed E-state index contributed by atoms with van der Waals surface area (Å²) in [6.45, 7) is 9.74. The Bertz CT molecular complexity index is 486. The van der Waals surface area contributed by atoms with E-state index in [1.807, 2.05) is 20.8 Å². The molecule has 0 saturated heterocycles. The Hall–Kier alpha value is -1.72. The first-order valence-electron chi connectivity index (χ1n) is 8.99. The predicted octanol–water partition coefficient (Wildman–Crippen LogP) is 3.39. The molecule has 0 radical (unpaired) electrons. The zero-order valence-corrected chi connectivity index (χ0v) is 16.3. The summed E-state index contributed by atoms with van der Waals surface area (Å²) >= 11 is 0. The first kappa shape index (κ1) is 23.3. The summed E-state index contributed by atoms with van der Waals surface area (Å²) in [5, 5.41) is 0. The number of rotatable bonds is 12. The van der Waals surface area contributed by atoms with Crippen molar-refractivity contribution in [2.75, 3.05) is 0 Å². The maximum atomic E-state index is 12.3. The number of hydrogen-bond donors (Lipinski definition) is 0. The lowest BCUT2D eigenvalue weighted by Crippen LogP contribution is -2.62. The van der Waals surface area contributed by atoms with E-state index in [2.05, 4.69) is 0 Å². The highest BCUT2D eigenvalue weighted by molar-refractivity contribution is 5.86. The lowest BCUT2D eigenvalue weighted by Gasteiger charge is -2.47. The fourth-order valence-electron chi connectivity index (χ4n) is 3.33. The molecule has 25 heavy (non-hydrogen) atoms. The van der Waals surface area contributed by atoms with Crippen molar-refractivity contribution in [1.82, 2.24) is 0 Å². The monoisotopic (exact) mass is 356 g/mol. The molecule has 0 saturated carbocycles. The topological polar surface area (TPSA) is 86.7 Å². The zero-order valence-electron chi connectivity index (χ0n) is 16.3. The molecule has 144 valence electrons. The molecule has 0 amide bonds. The molecule has 0 aromatic carbocycles. The normalized spacial score (nSPS) is 16.9. The molecular weight excluding hydrogens is 324 g/mol. The Morgan fingerprint density at radius 1 is 1.00 bits per heavy atom. The molecular formula is C19H32O6. The van der Waals surface area contributed by atoms with Gasteiger partial charge in [0, 0.05) is 13.3 Å². The van der Waals surface area contributed by atoms with Crippen molar-refractivity contribution in [1.29, 1.82) is 0 Å². The van der Waals surface area contributed by atoms with Gasteiger partial charge in [-0.2, -0.15) is 0 Å². The third-order valence-corrected chi connectivity index (χ3v) is 4.44. The fraction of sp³-hybridized carbons (Fsp3) is 0.789. The first-order valence-corrected chi connectivity index (χ1v) is 8.99. The number of aldehydes is 1. The molecule has 0 aromatic heterocycles. The second kappa shape index (κ2) is 10.3. The molecule has 0 N–H and O–H groups in total. The van der Waals surface area contributed by atoms with Crippen LogP contribution in [0.15, 0.2) is 0 Å². The molecule has 6 nitrogen and oxygen atoms in total. The Morgan fingerprint density at radius 2 is 1.56 bits per heavy atom. The lowest BCUT2D eigenvalue weighted by atomic mass is 9.65. The molecule has 3 atom stereocenters. The van der Waals surface area contributed by atoms with Crippen LogP contribution in [0.4, 0.5) is 0 Å². The summed E-state index contributed by atoms with van der Waals surface area (Å²) in [6.07, 6.45) is 2.00. The molecule has 6 heteroatoms. The van der Waals surface area contributed by atoms with E-state index in [0.717, 1.165) is 6.29 Å². The van der Waals surface area contributed by atoms with E-state index in [1.54, 1.807) is 6.92 Å². The highest BCUT2D eigenvalue weighted by Gasteiger charge is 2.58. The lowest BCUT2D eigenvalue weighted by molar-refractivity contribution is -0.211. The molecule has 3 unspecified atom stereocenters. The van der Waals surface area contributed by atoms with Gasteiger partial charge >= 0.3 is 11.9 Å². The minimum atomic E-state index is -1.51. The van der Waals surface area contributed by atoms with E-state index in [9.17, 15) is 19.2 Å². The summed E-state index contributed by atoms with van der Waals surface area (Å²) in [5.74, 6) is -1.60. The number of ether oxygens (including phenoxy) is 2. The maximum absolute atomic E-state index is 12.3. The second-order valence-corrected chi connectivity index (χ2v) is 6.75. The number of Topliss-reactive ketones (excluding diaryl/α,β-unsaturated/α-hetero) is 1. The Balaban J connectivity index is 6.41. The maximum Gasteiger partial charge on any atom is 0.306 e. The van der Waals surface area contributed by atoms with Crippen LogP contribution in [-0.2, 0) is 28.7 Å². The molecule has 0 aromatic rings. The average Bonchev–Trinajstić information content (AvgIpc) is 2.52. The van der Waals surface area contributed by atoms with Crippen molar-refractivity contribution >= 4 is 24.0 Å². The van der Waals surface area contributed by atoms with E-state index in [-0.39, 0.29) is 12.8 Å². The molecule has 0 fully saturated rings. The van der Waals surface area contributed by atoms with Gasteiger partial charge in [0.1, 0.15) is 6.29 Å². The standard InChI is InChI=1S/C19H32O6/c1-7-10-16(23)25-19(12-9-3,18(6,13-20)11-8-2)17(14(4)21)24-15(5)22/h13,17H,7-12H2,1-6H3. The van der Waals surface area contributed by atoms with Gasteiger partial charge in [-0.15, -0.1) is 0 Å². The van der Waals surface area contributed by atoms with Crippen LogP contribution >= 0.6 is 0 Å². The van der Waals surface area contributed by atoms with Gasteiger partial charge in [-0.3, -0.25) is 14.4 Å². The zero-order chi connectivity index (χ0) is 19.7. The largest absolute Gasteiger partial charge is 0.454 e. The molecule has 0 aliphatic heterocycles. The SMILES string of the molecule is CCCC(=O)OC(CCC)(C(OC(C)=O)C(C)=O)C(C)(C=O)CCC. The minimum absolute atomic E-state index is 0.164. The van der Waals surface area contributed by atoms with Gasteiger partial charge in [0.25, 0.3) is 0 Å². The molecule has 0 aliphatic carbocycles. The van der Waals surface area contributed by atoms with Crippen molar-refractivity contribution in [2.24, 2.45) is 5.41 Å². The number of ketones is 1.